The zero-order valence-corrected chi connectivity index (χ0v) is 10.3. The van der Waals surface area contributed by atoms with Gasteiger partial charge < -0.3 is 15.2 Å². The molecule has 2 rings (SSSR count). The molecule has 0 saturated heterocycles. The normalized spacial score (nSPS) is 10.1. The lowest BCUT2D eigenvalue weighted by atomic mass is 10.2. The second-order valence-corrected chi connectivity index (χ2v) is 3.86. The fraction of sp³-hybridized carbons (Fsp3) is 0.214. The van der Waals surface area contributed by atoms with Crippen LogP contribution in [0, 0.1) is 0 Å². The van der Waals surface area contributed by atoms with Crippen LogP contribution < -0.4 is 15.2 Å². The zero-order valence-electron chi connectivity index (χ0n) is 10.3. The van der Waals surface area contributed by atoms with E-state index in [-0.39, 0.29) is 0 Å². The van der Waals surface area contributed by atoms with E-state index < -0.39 is 0 Å². The summed E-state index contributed by atoms with van der Waals surface area (Å²) in [5, 5.41) is 0. The van der Waals surface area contributed by atoms with Crippen LogP contribution in [-0.4, -0.2) is 18.7 Å². The number of nitrogens with zero attached hydrogens (tertiary/aromatic N) is 1. The van der Waals surface area contributed by atoms with Crippen molar-refractivity contribution in [2.75, 3.05) is 19.5 Å². The first kappa shape index (κ1) is 12.2. The van der Waals surface area contributed by atoms with Gasteiger partial charge in [-0.2, -0.15) is 0 Å². The lowest BCUT2D eigenvalue weighted by Gasteiger charge is -2.10. The fourth-order valence-electron chi connectivity index (χ4n) is 1.59. The van der Waals surface area contributed by atoms with Crippen molar-refractivity contribution >= 4 is 5.69 Å². The Kier molecular flexibility index (Phi) is 4.02. The van der Waals surface area contributed by atoms with Crippen molar-refractivity contribution in [3.05, 3.63) is 48.3 Å². The maximum absolute atomic E-state index is 5.83. The molecule has 4 heteroatoms. The third kappa shape index (κ3) is 3.13. The Morgan fingerprint density at radius 1 is 1.28 bits per heavy atom. The molecule has 1 aromatic carbocycles. The number of anilines is 1. The Hall–Kier alpha value is -2.23. The summed E-state index contributed by atoms with van der Waals surface area (Å²) in [5.41, 5.74) is 7.58. The standard InChI is InChI=1S/C14H16N2O2/c1-17-12-4-5-13(15)14(9-12)18-8-6-11-3-2-7-16-10-11/h2-5,7,9-10H,6,8,15H2,1H3. The highest BCUT2D eigenvalue weighted by Gasteiger charge is 2.02. The molecule has 0 aliphatic heterocycles. The van der Waals surface area contributed by atoms with E-state index in [2.05, 4.69) is 4.98 Å². The maximum Gasteiger partial charge on any atom is 0.145 e. The molecule has 94 valence electrons. The molecule has 0 amide bonds. The van der Waals surface area contributed by atoms with Gasteiger partial charge in [0.05, 0.1) is 19.4 Å². The molecule has 0 atom stereocenters. The lowest BCUT2D eigenvalue weighted by Crippen LogP contribution is -2.03. The molecule has 1 aromatic heterocycles. The second-order valence-electron chi connectivity index (χ2n) is 3.86. The molecule has 4 nitrogen and oxygen atoms in total. The number of nitrogens with two attached hydrogens (primary N) is 1. The molecule has 2 aromatic rings. The second kappa shape index (κ2) is 5.91. The van der Waals surface area contributed by atoms with E-state index in [1.807, 2.05) is 24.4 Å². The van der Waals surface area contributed by atoms with Gasteiger partial charge in [0.1, 0.15) is 11.5 Å². The number of hydrogen-bond acceptors (Lipinski definition) is 4. The van der Waals surface area contributed by atoms with Gasteiger partial charge in [0.25, 0.3) is 0 Å². The highest BCUT2D eigenvalue weighted by atomic mass is 16.5. The smallest absolute Gasteiger partial charge is 0.145 e. The van der Waals surface area contributed by atoms with Gasteiger partial charge in [0, 0.05) is 24.9 Å². The van der Waals surface area contributed by atoms with E-state index in [0.29, 0.717) is 18.0 Å². The number of aromatic nitrogens is 1. The quantitative estimate of drug-likeness (QED) is 0.820. The molecule has 1 heterocycles. The molecule has 0 saturated carbocycles. The van der Waals surface area contributed by atoms with Crippen molar-refractivity contribution in [2.45, 2.75) is 6.42 Å². The number of pyridine rings is 1. The lowest BCUT2D eigenvalue weighted by molar-refractivity contribution is 0.320. The molecule has 0 aliphatic carbocycles. The monoisotopic (exact) mass is 244 g/mol. The van der Waals surface area contributed by atoms with Crippen molar-refractivity contribution < 1.29 is 9.47 Å². The van der Waals surface area contributed by atoms with Gasteiger partial charge in [-0.15, -0.1) is 0 Å². The third-order valence-electron chi connectivity index (χ3n) is 2.59. The van der Waals surface area contributed by atoms with Crippen molar-refractivity contribution in [3.8, 4) is 11.5 Å². The minimum atomic E-state index is 0.559. The van der Waals surface area contributed by atoms with Crippen LogP contribution in [0.3, 0.4) is 0 Å². The average Bonchev–Trinajstić information content (AvgIpc) is 2.42. The Morgan fingerprint density at radius 3 is 2.89 bits per heavy atom. The predicted octanol–water partition coefficient (Wildman–Crippen LogP) is 2.29. The molecule has 0 fully saturated rings. The summed E-state index contributed by atoms with van der Waals surface area (Å²) in [4.78, 5) is 4.06. The summed E-state index contributed by atoms with van der Waals surface area (Å²) >= 11 is 0. The number of methoxy groups -OCH3 is 1. The summed E-state index contributed by atoms with van der Waals surface area (Å²) in [6.45, 7) is 0.559. The van der Waals surface area contributed by atoms with Gasteiger partial charge in [-0.3, -0.25) is 4.98 Å². The first-order chi connectivity index (χ1) is 8.79. The van der Waals surface area contributed by atoms with E-state index in [1.165, 1.54) is 0 Å². The molecule has 0 bridgehead atoms. The van der Waals surface area contributed by atoms with Crippen molar-refractivity contribution in [3.63, 3.8) is 0 Å². The van der Waals surface area contributed by atoms with Crippen LogP contribution in [0.25, 0.3) is 0 Å². The molecule has 0 radical (unpaired) electrons. The first-order valence-corrected chi connectivity index (χ1v) is 5.75. The molecule has 0 spiro atoms. The van der Waals surface area contributed by atoms with Crippen LogP contribution in [0.15, 0.2) is 42.7 Å². The van der Waals surface area contributed by atoms with Crippen molar-refractivity contribution in [1.29, 1.82) is 0 Å². The Bertz CT molecular complexity index is 500. The van der Waals surface area contributed by atoms with Crippen LogP contribution in [0.4, 0.5) is 5.69 Å². The highest BCUT2D eigenvalue weighted by Crippen LogP contribution is 2.26. The van der Waals surface area contributed by atoms with Gasteiger partial charge >= 0.3 is 0 Å². The van der Waals surface area contributed by atoms with E-state index in [4.69, 9.17) is 15.2 Å². The largest absolute Gasteiger partial charge is 0.497 e. The number of hydrogen-bond donors (Lipinski definition) is 1. The van der Waals surface area contributed by atoms with E-state index >= 15 is 0 Å². The summed E-state index contributed by atoms with van der Waals surface area (Å²) in [6.07, 6.45) is 4.38. The SMILES string of the molecule is COc1ccc(N)c(OCCc2cccnc2)c1. The van der Waals surface area contributed by atoms with E-state index in [0.717, 1.165) is 17.7 Å². The summed E-state index contributed by atoms with van der Waals surface area (Å²) in [6, 6.07) is 9.31. The number of nitrogen functional groups attached to an aromatic ring is 1. The van der Waals surface area contributed by atoms with E-state index in [1.54, 1.807) is 25.4 Å². The molecule has 0 aliphatic rings. The minimum Gasteiger partial charge on any atom is -0.497 e. The van der Waals surface area contributed by atoms with Gasteiger partial charge in [0.2, 0.25) is 0 Å². The predicted molar refractivity (Wildman–Crippen MR) is 70.8 cm³/mol. The van der Waals surface area contributed by atoms with Gasteiger partial charge in [-0.25, -0.2) is 0 Å². The number of benzene rings is 1. The first-order valence-electron chi connectivity index (χ1n) is 5.75. The molecule has 0 unspecified atom stereocenters. The summed E-state index contributed by atoms with van der Waals surface area (Å²) in [7, 11) is 1.62. The number of ether oxygens (including phenoxy) is 2. The Morgan fingerprint density at radius 2 is 2.17 bits per heavy atom. The van der Waals surface area contributed by atoms with Crippen LogP contribution >= 0.6 is 0 Å². The Balaban J connectivity index is 1.94. The number of rotatable bonds is 5. The molecular weight excluding hydrogens is 228 g/mol. The zero-order chi connectivity index (χ0) is 12.8. The molecule has 2 N–H and O–H groups in total. The van der Waals surface area contributed by atoms with Crippen LogP contribution in [0.1, 0.15) is 5.56 Å². The van der Waals surface area contributed by atoms with Crippen LogP contribution in [0.2, 0.25) is 0 Å². The van der Waals surface area contributed by atoms with Crippen LogP contribution in [0.5, 0.6) is 11.5 Å². The topological polar surface area (TPSA) is 57.4 Å². The van der Waals surface area contributed by atoms with Gasteiger partial charge in [-0.1, -0.05) is 6.07 Å². The fourth-order valence-corrected chi connectivity index (χ4v) is 1.59. The highest BCUT2D eigenvalue weighted by molar-refractivity contribution is 5.55. The molecular formula is C14H16N2O2. The molecule has 18 heavy (non-hydrogen) atoms. The van der Waals surface area contributed by atoms with Gasteiger partial charge in [0.15, 0.2) is 0 Å². The van der Waals surface area contributed by atoms with Crippen LogP contribution in [-0.2, 0) is 6.42 Å². The average molecular weight is 244 g/mol. The summed E-state index contributed by atoms with van der Waals surface area (Å²) < 4.78 is 10.8. The maximum atomic E-state index is 5.83. The third-order valence-corrected chi connectivity index (χ3v) is 2.59. The minimum absolute atomic E-state index is 0.559. The summed E-state index contributed by atoms with van der Waals surface area (Å²) in [5.74, 6) is 1.39. The van der Waals surface area contributed by atoms with Gasteiger partial charge in [-0.05, 0) is 23.8 Å². The van der Waals surface area contributed by atoms with Crippen molar-refractivity contribution in [2.24, 2.45) is 0 Å². The Labute approximate surface area is 106 Å². The van der Waals surface area contributed by atoms with Crippen molar-refractivity contribution in [1.82, 2.24) is 4.98 Å². The van der Waals surface area contributed by atoms with E-state index in [9.17, 15) is 0 Å².